The van der Waals surface area contributed by atoms with Gasteiger partial charge in [-0.3, -0.25) is 14.2 Å². The first kappa shape index (κ1) is 24.1. The molecule has 1 amide bonds. The number of pyridine rings is 1. The van der Waals surface area contributed by atoms with E-state index in [0.717, 1.165) is 0 Å². The van der Waals surface area contributed by atoms with E-state index >= 15 is 0 Å². The van der Waals surface area contributed by atoms with E-state index in [2.05, 4.69) is 0 Å². The number of piperidine rings is 1. The zero-order valence-electron chi connectivity index (χ0n) is 20.7. The van der Waals surface area contributed by atoms with Gasteiger partial charge in [0.05, 0.1) is 45.0 Å². The SMILES string of the molecule is CCOc1ccc(-n2cc(C(=O)N3CCC4(CC3)OCCO4)c3cc(OC)c(OC)cc3c2=O)cc1. The van der Waals surface area contributed by atoms with Crippen LogP contribution in [0.1, 0.15) is 30.1 Å². The van der Waals surface area contributed by atoms with Gasteiger partial charge < -0.3 is 28.6 Å². The van der Waals surface area contributed by atoms with Crippen molar-refractivity contribution in [2.45, 2.75) is 25.6 Å². The average molecular weight is 495 g/mol. The minimum Gasteiger partial charge on any atom is -0.494 e. The summed E-state index contributed by atoms with van der Waals surface area (Å²) in [5, 5.41) is 0.877. The number of carbonyl (C=O) groups excluding carboxylic acids is 1. The van der Waals surface area contributed by atoms with Gasteiger partial charge >= 0.3 is 0 Å². The third-order valence-electron chi connectivity index (χ3n) is 6.80. The Morgan fingerprint density at radius 1 is 0.972 bits per heavy atom. The first-order valence-corrected chi connectivity index (χ1v) is 12.1. The van der Waals surface area contributed by atoms with Crippen LogP contribution in [0.4, 0.5) is 0 Å². The number of methoxy groups -OCH3 is 2. The smallest absolute Gasteiger partial charge is 0.263 e. The van der Waals surface area contributed by atoms with Gasteiger partial charge in [-0.15, -0.1) is 0 Å². The minimum absolute atomic E-state index is 0.167. The van der Waals surface area contributed by atoms with Crippen molar-refractivity contribution in [3.63, 3.8) is 0 Å². The molecule has 0 radical (unpaired) electrons. The summed E-state index contributed by atoms with van der Waals surface area (Å²) in [6, 6.07) is 10.5. The topological polar surface area (TPSA) is 88.5 Å². The predicted octanol–water partition coefficient (Wildman–Crippen LogP) is 3.39. The maximum Gasteiger partial charge on any atom is 0.263 e. The van der Waals surface area contributed by atoms with Gasteiger partial charge in [0.15, 0.2) is 17.3 Å². The number of nitrogens with zero attached hydrogens (tertiary/aromatic N) is 2. The van der Waals surface area contributed by atoms with Crippen LogP contribution in [-0.2, 0) is 9.47 Å². The largest absolute Gasteiger partial charge is 0.494 e. The van der Waals surface area contributed by atoms with Crippen LogP contribution in [-0.4, -0.2) is 68.3 Å². The van der Waals surface area contributed by atoms with E-state index in [1.54, 1.807) is 47.5 Å². The summed E-state index contributed by atoms with van der Waals surface area (Å²) >= 11 is 0. The normalized spacial score (nSPS) is 16.9. The van der Waals surface area contributed by atoms with Gasteiger partial charge in [0.25, 0.3) is 11.5 Å². The van der Waals surface area contributed by atoms with Crippen LogP contribution in [0, 0.1) is 0 Å². The van der Waals surface area contributed by atoms with Crippen molar-refractivity contribution >= 4 is 16.7 Å². The van der Waals surface area contributed by atoms with Crippen molar-refractivity contribution < 1.29 is 28.5 Å². The van der Waals surface area contributed by atoms with Gasteiger partial charge in [0.2, 0.25) is 0 Å². The highest BCUT2D eigenvalue weighted by molar-refractivity contribution is 6.07. The standard InChI is InChI=1S/C27H30N2O7/c1-4-34-19-7-5-18(6-8-19)29-17-22(20-15-23(32-2)24(33-3)16-21(20)26(29)31)25(30)28-11-9-27(10-12-28)35-13-14-36-27/h5-8,15-17H,4,9-14H2,1-3H3. The van der Waals surface area contributed by atoms with Crippen molar-refractivity contribution in [2.75, 3.05) is 47.1 Å². The van der Waals surface area contributed by atoms with Gasteiger partial charge in [0.1, 0.15) is 5.75 Å². The Hall–Kier alpha value is -3.56. The number of carbonyl (C=O) groups is 1. The summed E-state index contributed by atoms with van der Waals surface area (Å²) in [7, 11) is 3.04. The molecule has 0 unspecified atom stereocenters. The molecule has 3 heterocycles. The molecule has 2 fully saturated rings. The van der Waals surface area contributed by atoms with Crippen LogP contribution in [0.3, 0.4) is 0 Å². The molecule has 190 valence electrons. The number of amides is 1. The fourth-order valence-corrected chi connectivity index (χ4v) is 4.90. The van der Waals surface area contributed by atoms with Crippen LogP contribution in [0.5, 0.6) is 17.2 Å². The lowest BCUT2D eigenvalue weighted by atomic mass is 10.0. The Morgan fingerprint density at radius 2 is 1.58 bits per heavy atom. The monoisotopic (exact) mass is 494 g/mol. The second-order valence-corrected chi connectivity index (χ2v) is 8.80. The number of hydrogen-bond acceptors (Lipinski definition) is 7. The molecule has 5 rings (SSSR count). The zero-order chi connectivity index (χ0) is 25.3. The molecule has 1 aromatic heterocycles. The Morgan fingerprint density at radius 3 is 2.17 bits per heavy atom. The number of hydrogen-bond donors (Lipinski definition) is 0. The van der Waals surface area contributed by atoms with Crippen LogP contribution >= 0.6 is 0 Å². The van der Waals surface area contributed by atoms with Gasteiger partial charge in [-0.05, 0) is 43.3 Å². The summed E-state index contributed by atoms with van der Waals surface area (Å²) in [6.45, 7) is 4.60. The second kappa shape index (κ2) is 9.83. The number of fused-ring (bicyclic) bond motifs is 1. The lowest BCUT2D eigenvalue weighted by molar-refractivity contribution is -0.181. The van der Waals surface area contributed by atoms with Gasteiger partial charge in [-0.2, -0.15) is 0 Å². The fraction of sp³-hybridized carbons (Fsp3) is 0.407. The van der Waals surface area contributed by atoms with E-state index in [-0.39, 0.29) is 11.5 Å². The Labute approximate surface area is 209 Å². The quantitative estimate of drug-likeness (QED) is 0.519. The van der Waals surface area contributed by atoms with Crippen LogP contribution in [0.15, 0.2) is 47.4 Å². The molecule has 9 nitrogen and oxygen atoms in total. The van der Waals surface area contributed by atoms with Crippen LogP contribution < -0.4 is 19.8 Å². The average Bonchev–Trinajstić information content (AvgIpc) is 3.37. The third kappa shape index (κ3) is 4.29. The maximum absolute atomic E-state index is 13.8. The van der Waals surface area contributed by atoms with Crippen molar-refractivity contribution in [3.8, 4) is 22.9 Å². The lowest BCUT2D eigenvalue weighted by Crippen LogP contribution is -2.47. The summed E-state index contributed by atoms with van der Waals surface area (Å²) in [5.41, 5.74) is 0.764. The lowest BCUT2D eigenvalue weighted by Gasteiger charge is -2.37. The first-order valence-electron chi connectivity index (χ1n) is 12.1. The Balaban J connectivity index is 1.60. The molecule has 0 saturated carbocycles. The molecule has 2 saturated heterocycles. The first-order chi connectivity index (χ1) is 17.5. The fourth-order valence-electron chi connectivity index (χ4n) is 4.90. The number of likely N-dealkylation sites (tertiary alicyclic amines) is 1. The Kier molecular flexibility index (Phi) is 6.59. The van der Waals surface area contributed by atoms with Crippen LogP contribution in [0.25, 0.3) is 16.5 Å². The van der Waals surface area contributed by atoms with Crippen molar-refractivity contribution in [1.29, 1.82) is 0 Å². The molecule has 0 N–H and O–H groups in total. The molecular weight excluding hydrogens is 464 g/mol. The van der Waals surface area contributed by atoms with E-state index < -0.39 is 5.79 Å². The van der Waals surface area contributed by atoms with Crippen molar-refractivity contribution in [1.82, 2.24) is 9.47 Å². The highest BCUT2D eigenvalue weighted by atomic mass is 16.7. The van der Waals surface area contributed by atoms with Gasteiger partial charge in [0, 0.05) is 43.2 Å². The van der Waals surface area contributed by atoms with E-state index in [1.165, 1.54) is 18.8 Å². The second-order valence-electron chi connectivity index (χ2n) is 8.80. The molecule has 2 aromatic carbocycles. The van der Waals surface area contributed by atoms with Crippen LogP contribution in [0.2, 0.25) is 0 Å². The number of benzene rings is 2. The van der Waals surface area contributed by atoms with E-state index in [1.807, 2.05) is 6.92 Å². The molecule has 1 spiro atoms. The van der Waals surface area contributed by atoms with Gasteiger partial charge in [-0.25, -0.2) is 0 Å². The number of aromatic nitrogens is 1. The zero-order valence-corrected chi connectivity index (χ0v) is 20.7. The van der Waals surface area contributed by atoms with Gasteiger partial charge in [-0.1, -0.05) is 0 Å². The van der Waals surface area contributed by atoms with Crippen molar-refractivity contribution in [2.24, 2.45) is 0 Å². The highest BCUT2D eigenvalue weighted by Crippen LogP contribution is 2.35. The molecule has 3 aromatic rings. The molecular formula is C27H30N2O7. The Bertz CT molecular complexity index is 1320. The van der Waals surface area contributed by atoms with Crippen molar-refractivity contribution in [3.05, 3.63) is 58.5 Å². The maximum atomic E-state index is 13.8. The summed E-state index contributed by atoms with van der Waals surface area (Å²) in [6.07, 6.45) is 2.82. The molecule has 2 aliphatic heterocycles. The number of rotatable bonds is 6. The van der Waals surface area contributed by atoms with E-state index in [9.17, 15) is 9.59 Å². The van der Waals surface area contributed by atoms with E-state index in [0.29, 0.717) is 85.0 Å². The molecule has 9 heteroatoms. The summed E-state index contributed by atoms with van der Waals surface area (Å²) in [5.74, 6) is 0.815. The molecule has 0 atom stereocenters. The highest BCUT2D eigenvalue weighted by Gasteiger charge is 2.41. The minimum atomic E-state index is -0.587. The molecule has 2 aliphatic rings. The third-order valence-corrected chi connectivity index (χ3v) is 6.80. The predicted molar refractivity (Wildman–Crippen MR) is 134 cm³/mol. The molecule has 0 aliphatic carbocycles. The number of ether oxygens (including phenoxy) is 5. The van der Waals surface area contributed by atoms with E-state index in [4.69, 9.17) is 23.7 Å². The molecule has 36 heavy (non-hydrogen) atoms. The summed E-state index contributed by atoms with van der Waals surface area (Å²) in [4.78, 5) is 29.2. The molecule has 0 bridgehead atoms. The summed E-state index contributed by atoms with van der Waals surface area (Å²) < 4.78 is 29.6.